The quantitative estimate of drug-likeness (QED) is 0.635. The number of rotatable bonds is 5. The number of hydrogen-bond donors (Lipinski definition) is 2. The number of imidazole rings is 1. The van der Waals surface area contributed by atoms with Crippen LogP contribution in [0.3, 0.4) is 0 Å². The first-order valence-corrected chi connectivity index (χ1v) is 5.96. The van der Waals surface area contributed by atoms with E-state index in [-0.39, 0.29) is 17.3 Å². The average molecular weight is 272 g/mol. The number of aromatic amines is 1. The van der Waals surface area contributed by atoms with Gasteiger partial charge in [0, 0.05) is 18.5 Å². The van der Waals surface area contributed by atoms with Crippen molar-refractivity contribution in [2.45, 2.75) is 19.4 Å². The molecule has 2 heterocycles. The lowest BCUT2D eigenvalue weighted by Crippen LogP contribution is -2.13. The zero-order chi connectivity index (χ0) is 14.5. The van der Waals surface area contributed by atoms with Gasteiger partial charge in [-0.2, -0.15) is 5.26 Å². The number of aromatic nitrogens is 3. The van der Waals surface area contributed by atoms with Crippen LogP contribution < -0.4 is 5.32 Å². The number of nitro groups is 1. The first-order chi connectivity index (χ1) is 9.65. The van der Waals surface area contributed by atoms with E-state index in [2.05, 4.69) is 20.3 Å². The molecule has 1 unspecified atom stereocenters. The Morgan fingerprint density at radius 2 is 2.40 bits per heavy atom. The van der Waals surface area contributed by atoms with Crippen LogP contribution in [0.25, 0.3) is 0 Å². The van der Waals surface area contributed by atoms with E-state index in [1.165, 1.54) is 6.07 Å². The van der Waals surface area contributed by atoms with Crippen LogP contribution in [-0.2, 0) is 0 Å². The molecular weight excluding hydrogens is 260 g/mol. The second-order valence-electron chi connectivity index (χ2n) is 4.04. The number of nitrogens with one attached hydrogen (secondary N) is 2. The molecule has 0 fully saturated rings. The van der Waals surface area contributed by atoms with Crippen molar-refractivity contribution in [3.8, 4) is 6.07 Å². The Morgan fingerprint density at radius 1 is 1.60 bits per heavy atom. The molecule has 0 amide bonds. The van der Waals surface area contributed by atoms with Crippen LogP contribution in [0.1, 0.15) is 30.8 Å². The summed E-state index contributed by atoms with van der Waals surface area (Å²) in [7, 11) is 0. The highest BCUT2D eigenvalue weighted by atomic mass is 16.6. The van der Waals surface area contributed by atoms with E-state index < -0.39 is 4.92 Å². The fraction of sp³-hybridized carbons (Fsp3) is 0.250. The lowest BCUT2D eigenvalue weighted by molar-refractivity contribution is -0.385. The lowest BCUT2D eigenvalue weighted by Gasteiger charge is -2.15. The van der Waals surface area contributed by atoms with Gasteiger partial charge in [0.25, 0.3) is 5.69 Å². The molecule has 1 atom stereocenters. The Kier molecular flexibility index (Phi) is 3.91. The Hall–Kier alpha value is -2.95. The van der Waals surface area contributed by atoms with Gasteiger partial charge in [0.15, 0.2) is 0 Å². The molecule has 0 spiro atoms. The first-order valence-electron chi connectivity index (χ1n) is 5.96. The van der Waals surface area contributed by atoms with Crippen LogP contribution in [0.15, 0.2) is 24.7 Å². The molecule has 20 heavy (non-hydrogen) atoms. The molecular formula is C12H12N6O2. The molecule has 0 aliphatic heterocycles. The summed E-state index contributed by atoms with van der Waals surface area (Å²) in [6.07, 6.45) is 5.18. The third-order valence-corrected chi connectivity index (χ3v) is 2.77. The van der Waals surface area contributed by atoms with E-state index in [0.29, 0.717) is 5.82 Å². The van der Waals surface area contributed by atoms with Gasteiger partial charge in [0.2, 0.25) is 0 Å². The summed E-state index contributed by atoms with van der Waals surface area (Å²) in [5.74, 6) is 1.03. The van der Waals surface area contributed by atoms with Crippen LogP contribution >= 0.6 is 0 Å². The van der Waals surface area contributed by atoms with Crippen LogP contribution in [0.5, 0.6) is 0 Å². The minimum atomic E-state index is -0.582. The summed E-state index contributed by atoms with van der Waals surface area (Å²) in [6.45, 7) is 1.96. The molecule has 2 N–H and O–H groups in total. The van der Waals surface area contributed by atoms with Crippen molar-refractivity contribution in [2.24, 2.45) is 0 Å². The summed E-state index contributed by atoms with van der Waals surface area (Å²) < 4.78 is 0. The monoisotopic (exact) mass is 272 g/mol. The van der Waals surface area contributed by atoms with Crippen LogP contribution in [-0.4, -0.2) is 19.9 Å². The minimum Gasteiger partial charge on any atom is -0.359 e. The van der Waals surface area contributed by atoms with Gasteiger partial charge in [0.1, 0.15) is 29.5 Å². The van der Waals surface area contributed by atoms with E-state index in [9.17, 15) is 10.1 Å². The maximum absolute atomic E-state index is 10.7. The number of pyridine rings is 1. The molecule has 8 nitrogen and oxygen atoms in total. The Bertz CT molecular complexity index is 646. The predicted molar refractivity (Wildman–Crippen MR) is 70.8 cm³/mol. The molecule has 102 valence electrons. The molecule has 8 heteroatoms. The molecule has 0 radical (unpaired) electrons. The highest BCUT2D eigenvalue weighted by Crippen LogP contribution is 2.23. The fourth-order valence-corrected chi connectivity index (χ4v) is 1.75. The Morgan fingerprint density at radius 3 is 2.95 bits per heavy atom. The summed E-state index contributed by atoms with van der Waals surface area (Å²) in [4.78, 5) is 21.2. The normalized spacial score (nSPS) is 11.6. The highest BCUT2D eigenvalue weighted by Gasteiger charge is 2.17. The SMILES string of the molecule is CCC(Nc1ncc([N+](=O)[O-])cc1C#N)c1ncc[nH]1. The number of nitrogens with zero attached hydrogens (tertiary/aromatic N) is 4. The third-order valence-electron chi connectivity index (χ3n) is 2.77. The Balaban J connectivity index is 2.29. The predicted octanol–water partition coefficient (Wildman–Crippen LogP) is 2.15. The summed E-state index contributed by atoms with van der Waals surface area (Å²) in [5.41, 5.74) is -0.0812. The zero-order valence-corrected chi connectivity index (χ0v) is 10.7. The van der Waals surface area contributed by atoms with Gasteiger partial charge in [0.05, 0.1) is 11.0 Å². The largest absolute Gasteiger partial charge is 0.359 e. The summed E-state index contributed by atoms with van der Waals surface area (Å²) >= 11 is 0. The molecule has 2 aromatic rings. The van der Waals surface area contributed by atoms with Gasteiger partial charge >= 0.3 is 0 Å². The van der Waals surface area contributed by atoms with Crippen molar-refractivity contribution < 1.29 is 4.92 Å². The van der Waals surface area contributed by atoms with Crippen molar-refractivity contribution in [1.82, 2.24) is 15.0 Å². The number of hydrogen-bond acceptors (Lipinski definition) is 6. The lowest BCUT2D eigenvalue weighted by atomic mass is 10.2. The van der Waals surface area contributed by atoms with Gasteiger partial charge < -0.3 is 10.3 Å². The van der Waals surface area contributed by atoms with Crippen LogP contribution in [0, 0.1) is 21.4 Å². The molecule has 2 rings (SSSR count). The molecule has 0 saturated carbocycles. The van der Waals surface area contributed by atoms with Gasteiger partial charge in [-0.05, 0) is 6.42 Å². The number of H-pyrrole nitrogens is 1. The summed E-state index contributed by atoms with van der Waals surface area (Å²) in [6, 6.07) is 2.96. The first kappa shape index (κ1) is 13.5. The van der Waals surface area contributed by atoms with Crippen molar-refractivity contribution >= 4 is 11.5 Å². The summed E-state index contributed by atoms with van der Waals surface area (Å²) in [5, 5.41) is 22.8. The standard InChI is InChI=1S/C12H12N6O2/c1-2-10(12-14-3-4-15-12)17-11-8(6-13)5-9(7-16-11)18(19)20/h3-5,7,10H,2H2,1H3,(H,14,15)(H,16,17). The van der Waals surface area contributed by atoms with E-state index in [4.69, 9.17) is 5.26 Å². The van der Waals surface area contributed by atoms with Crippen molar-refractivity contribution in [3.63, 3.8) is 0 Å². The van der Waals surface area contributed by atoms with E-state index in [1.54, 1.807) is 12.4 Å². The molecule has 0 aliphatic carbocycles. The van der Waals surface area contributed by atoms with Gasteiger partial charge in [-0.25, -0.2) is 9.97 Å². The number of anilines is 1. The van der Waals surface area contributed by atoms with Crippen molar-refractivity contribution in [1.29, 1.82) is 5.26 Å². The maximum Gasteiger partial charge on any atom is 0.289 e. The second-order valence-corrected chi connectivity index (χ2v) is 4.04. The molecule has 2 aromatic heterocycles. The highest BCUT2D eigenvalue weighted by molar-refractivity contribution is 5.56. The fourth-order valence-electron chi connectivity index (χ4n) is 1.75. The number of nitriles is 1. The van der Waals surface area contributed by atoms with E-state index in [1.807, 2.05) is 13.0 Å². The van der Waals surface area contributed by atoms with Crippen LogP contribution in [0.2, 0.25) is 0 Å². The van der Waals surface area contributed by atoms with E-state index >= 15 is 0 Å². The van der Waals surface area contributed by atoms with Crippen molar-refractivity contribution in [3.05, 3.63) is 46.2 Å². The third kappa shape index (κ3) is 2.72. The topological polar surface area (TPSA) is 121 Å². The van der Waals surface area contributed by atoms with Gasteiger partial charge in [-0.15, -0.1) is 0 Å². The van der Waals surface area contributed by atoms with Gasteiger partial charge in [-0.1, -0.05) is 6.92 Å². The van der Waals surface area contributed by atoms with E-state index in [0.717, 1.165) is 18.4 Å². The molecule has 0 aromatic carbocycles. The second kappa shape index (κ2) is 5.79. The zero-order valence-electron chi connectivity index (χ0n) is 10.7. The minimum absolute atomic E-state index is 0.129. The molecule has 0 saturated heterocycles. The molecule has 0 bridgehead atoms. The van der Waals surface area contributed by atoms with Crippen LogP contribution in [0.4, 0.5) is 11.5 Å². The smallest absolute Gasteiger partial charge is 0.289 e. The average Bonchev–Trinajstić information content (AvgIpc) is 2.98. The molecule has 0 aliphatic rings. The van der Waals surface area contributed by atoms with Gasteiger partial charge in [-0.3, -0.25) is 10.1 Å². The van der Waals surface area contributed by atoms with Crippen molar-refractivity contribution in [2.75, 3.05) is 5.32 Å². The Labute approximate surface area is 114 Å². The maximum atomic E-state index is 10.7.